The average molecular weight is 422 g/mol. The summed E-state index contributed by atoms with van der Waals surface area (Å²) in [5.41, 5.74) is 0.425. The van der Waals surface area contributed by atoms with Gasteiger partial charge in [0.05, 0.1) is 10.5 Å². The van der Waals surface area contributed by atoms with E-state index in [2.05, 4.69) is 0 Å². The summed E-state index contributed by atoms with van der Waals surface area (Å²) >= 11 is 1.53. The van der Waals surface area contributed by atoms with Gasteiger partial charge in [-0.05, 0) is 35.0 Å². The van der Waals surface area contributed by atoms with E-state index in [0.29, 0.717) is 0 Å². The molecule has 0 unspecified atom stereocenters. The van der Waals surface area contributed by atoms with E-state index in [1.54, 1.807) is 13.8 Å². The van der Waals surface area contributed by atoms with Gasteiger partial charge in [0, 0.05) is 23.4 Å². The number of esters is 1. The van der Waals surface area contributed by atoms with Gasteiger partial charge in [0.2, 0.25) is 10.0 Å². The number of benzene rings is 2. The molecule has 0 saturated heterocycles. The summed E-state index contributed by atoms with van der Waals surface area (Å²) in [4.78, 5) is 12.3. The lowest BCUT2D eigenvalue weighted by Crippen LogP contribution is -2.30. The standard InChI is InChI=1S/C20H20FNO4S2/c1-3-22(4-2)28(24,25)15-9-10-18(21)17(11-15)20(23)26-12-14-13-27-19-8-6-5-7-16(14)19/h5-11,13H,3-4,12H2,1-2H3. The van der Waals surface area contributed by atoms with E-state index >= 15 is 0 Å². The minimum atomic E-state index is -3.80. The molecule has 0 aliphatic heterocycles. The van der Waals surface area contributed by atoms with Gasteiger partial charge in [-0.1, -0.05) is 32.0 Å². The number of carbonyl (C=O) groups excluding carboxylic acids is 1. The van der Waals surface area contributed by atoms with Crippen LogP contribution in [0.2, 0.25) is 0 Å². The fourth-order valence-corrected chi connectivity index (χ4v) is 5.33. The van der Waals surface area contributed by atoms with E-state index in [1.165, 1.54) is 15.6 Å². The first-order valence-corrected chi connectivity index (χ1v) is 11.1. The van der Waals surface area contributed by atoms with Crippen LogP contribution in [0, 0.1) is 5.82 Å². The second-order valence-corrected chi connectivity index (χ2v) is 8.91. The first-order valence-electron chi connectivity index (χ1n) is 8.80. The van der Waals surface area contributed by atoms with Crippen molar-refractivity contribution >= 4 is 37.4 Å². The number of fused-ring (bicyclic) bond motifs is 1. The van der Waals surface area contributed by atoms with Gasteiger partial charge in [-0.2, -0.15) is 4.31 Å². The molecule has 0 radical (unpaired) electrons. The van der Waals surface area contributed by atoms with Gasteiger partial charge in [-0.15, -0.1) is 11.3 Å². The molecular formula is C20H20FNO4S2. The minimum absolute atomic E-state index is 0.0185. The van der Waals surface area contributed by atoms with Crippen molar-refractivity contribution in [3.8, 4) is 0 Å². The number of nitrogens with zero attached hydrogens (tertiary/aromatic N) is 1. The number of ether oxygens (including phenoxy) is 1. The van der Waals surface area contributed by atoms with Gasteiger partial charge in [-0.25, -0.2) is 17.6 Å². The van der Waals surface area contributed by atoms with Gasteiger partial charge < -0.3 is 4.74 Å². The van der Waals surface area contributed by atoms with Crippen molar-refractivity contribution in [2.45, 2.75) is 25.3 Å². The van der Waals surface area contributed by atoms with Crippen LogP contribution >= 0.6 is 11.3 Å². The second-order valence-electron chi connectivity index (χ2n) is 6.06. The molecule has 0 atom stereocenters. The molecule has 3 aromatic rings. The highest BCUT2D eigenvalue weighted by atomic mass is 32.2. The lowest BCUT2D eigenvalue weighted by Gasteiger charge is -2.18. The summed E-state index contributed by atoms with van der Waals surface area (Å²) in [7, 11) is -3.80. The number of thiophene rings is 1. The molecule has 0 amide bonds. The highest BCUT2D eigenvalue weighted by Gasteiger charge is 2.25. The molecular weight excluding hydrogens is 401 g/mol. The summed E-state index contributed by atoms with van der Waals surface area (Å²) in [5.74, 6) is -1.72. The van der Waals surface area contributed by atoms with Crippen LogP contribution in [0.25, 0.3) is 10.1 Å². The van der Waals surface area contributed by atoms with Crippen molar-refractivity contribution in [3.05, 3.63) is 64.8 Å². The Bertz CT molecular complexity index is 1100. The third kappa shape index (κ3) is 3.94. The van der Waals surface area contributed by atoms with E-state index in [9.17, 15) is 17.6 Å². The van der Waals surface area contributed by atoms with Crippen LogP contribution in [-0.4, -0.2) is 31.8 Å². The topological polar surface area (TPSA) is 63.7 Å². The first-order chi connectivity index (χ1) is 13.4. The second kappa shape index (κ2) is 8.38. The fraction of sp³-hybridized carbons (Fsp3) is 0.250. The number of hydrogen-bond donors (Lipinski definition) is 0. The van der Waals surface area contributed by atoms with Crippen molar-refractivity contribution < 1.29 is 22.3 Å². The number of rotatable bonds is 7. The predicted octanol–water partition coefficient (Wildman–Crippen LogP) is 4.43. The Labute approximate surface area is 167 Å². The number of halogens is 1. The third-order valence-electron chi connectivity index (χ3n) is 4.42. The van der Waals surface area contributed by atoms with Crippen LogP contribution in [0.1, 0.15) is 29.8 Å². The van der Waals surface area contributed by atoms with E-state index in [-0.39, 0.29) is 24.6 Å². The molecule has 1 heterocycles. The van der Waals surface area contributed by atoms with Gasteiger partial charge in [0.1, 0.15) is 12.4 Å². The van der Waals surface area contributed by atoms with E-state index in [1.807, 2.05) is 29.6 Å². The normalized spacial score (nSPS) is 11.9. The maximum absolute atomic E-state index is 14.2. The van der Waals surface area contributed by atoms with Crippen LogP contribution in [-0.2, 0) is 21.4 Å². The zero-order valence-electron chi connectivity index (χ0n) is 15.5. The Morgan fingerprint density at radius 1 is 1.14 bits per heavy atom. The molecule has 0 aliphatic rings. The van der Waals surface area contributed by atoms with Crippen molar-refractivity contribution in [2.24, 2.45) is 0 Å². The van der Waals surface area contributed by atoms with Crippen molar-refractivity contribution in [1.82, 2.24) is 4.31 Å². The molecule has 0 bridgehead atoms. The van der Waals surface area contributed by atoms with Gasteiger partial charge >= 0.3 is 5.97 Å². The van der Waals surface area contributed by atoms with Crippen LogP contribution in [0.15, 0.2) is 52.7 Å². The first kappa shape index (κ1) is 20.4. The molecule has 5 nitrogen and oxygen atoms in total. The molecule has 0 fully saturated rings. The van der Waals surface area contributed by atoms with Crippen LogP contribution in [0.4, 0.5) is 4.39 Å². The summed E-state index contributed by atoms with van der Waals surface area (Å²) in [6.45, 7) is 3.97. The average Bonchev–Trinajstić information content (AvgIpc) is 3.10. The molecule has 3 rings (SSSR count). The van der Waals surface area contributed by atoms with Gasteiger partial charge in [0.25, 0.3) is 0 Å². The molecule has 2 aromatic carbocycles. The molecule has 28 heavy (non-hydrogen) atoms. The maximum Gasteiger partial charge on any atom is 0.341 e. The summed E-state index contributed by atoms with van der Waals surface area (Å²) in [5, 5.41) is 2.86. The predicted molar refractivity (Wildman–Crippen MR) is 107 cm³/mol. The molecule has 8 heteroatoms. The lowest BCUT2D eigenvalue weighted by molar-refractivity contribution is 0.0469. The summed E-state index contributed by atoms with van der Waals surface area (Å²) in [6.07, 6.45) is 0. The Hall–Kier alpha value is -2.29. The molecule has 148 valence electrons. The molecule has 0 aliphatic carbocycles. The van der Waals surface area contributed by atoms with Crippen LogP contribution in [0.3, 0.4) is 0 Å². The third-order valence-corrected chi connectivity index (χ3v) is 7.48. The largest absolute Gasteiger partial charge is 0.457 e. The molecule has 0 spiro atoms. The lowest BCUT2D eigenvalue weighted by atomic mass is 10.2. The maximum atomic E-state index is 14.2. The molecule has 0 N–H and O–H groups in total. The zero-order valence-corrected chi connectivity index (χ0v) is 17.1. The Morgan fingerprint density at radius 3 is 2.57 bits per heavy atom. The Morgan fingerprint density at radius 2 is 1.86 bits per heavy atom. The molecule has 1 aromatic heterocycles. The SMILES string of the molecule is CCN(CC)S(=O)(=O)c1ccc(F)c(C(=O)OCc2csc3ccccc23)c1. The quantitative estimate of drug-likeness (QED) is 0.530. The van der Waals surface area contributed by atoms with Crippen LogP contribution in [0.5, 0.6) is 0 Å². The van der Waals surface area contributed by atoms with E-state index < -0.39 is 27.4 Å². The minimum Gasteiger partial charge on any atom is -0.457 e. The highest BCUT2D eigenvalue weighted by molar-refractivity contribution is 7.89. The molecule has 0 saturated carbocycles. The number of sulfonamides is 1. The number of hydrogen-bond acceptors (Lipinski definition) is 5. The fourth-order valence-electron chi connectivity index (χ4n) is 2.90. The van der Waals surface area contributed by atoms with Crippen molar-refractivity contribution in [2.75, 3.05) is 13.1 Å². The van der Waals surface area contributed by atoms with Gasteiger partial charge in [0.15, 0.2) is 0 Å². The van der Waals surface area contributed by atoms with Crippen molar-refractivity contribution in [1.29, 1.82) is 0 Å². The summed E-state index contributed by atoms with van der Waals surface area (Å²) in [6, 6.07) is 10.9. The van der Waals surface area contributed by atoms with E-state index in [0.717, 1.165) is 33.8 Å². The van der Waals surface area contributed by atoms with Crippen molar-refractivity contribution in [3.63, 3.8) is 0 Å². The van der Waals surface area contributed by atoms with Gasteiger partial charge in [-0.3, -0.25) is 0 Å². The monoisotopic (exact) mass is 421 g/mol. The highest BCUT2D eigenvalue weighted by Crippen LogP contribution is 2.27. The number of carbonyl (C=O) groups is 1. The smallest absolute Gasteiger partial charge is 0.341 e. The van der Waals surface area contributed by atoms with Crippen LogP contribution < -0.4 is 0 Å². The van der Waals surface area contributed by atoms with E-state index in [4.69, 9.17) is 4.74 Å². The summed E-state index contributed by atoms with van der Waals surface area (Å²) < 4.78 is 47.0. The zero-order chi connectivity index (χ0) is 20.3. The Balaban J connectivity index is 1.84. The Kier molecular flexibility index (Phi) is 6.12.